The Labute approximate surface area is 109 Å². The fraction of sp³-hybridized carbons (Fsp3) is 0.308. The van der Waals surface area contributed by atoms with Crippen molar-refractivity contribution in [3.8, 4) is 0 Å². The summed E-state index contributed by atoms with van der Waals surface area (Å²) >= 11 is 0. The molecule has 0 amide bonds. The maximum atomic E-state index is 11.2. The van der Waals surface area contributed by atoms with Gasteiger partial charge in [0.05, 0.1) is 12.1 Å². The number of aromatic carboxylic acids is 1. The van der Waals surface area contributed by atoms with Crippen molar-refractivity contribution in [2.45, 2.75) is 19.4 Å². The fourth-order valence-electron chi connectivity index (χ4n) is 2.50. The second-order valence-electron chi connectivity index (χ2n) is 4.48. The number of aromatic nitrogens is 2. The number of carboxylic acid groups (broad SMARTS) is 1. The number of rotatable bonds is 3. The Morgan fingerprint density at radius 2 is 2.37 bits per heavy atom. The lowest BCUT2D eigenvalue weighted by Gasteiger charge is -2.31. The summed E-state index contributed by atoms with van der Waals surface area (Å²) in [6, 6.07) is 5.37. The molecule has 0 bridgehead atoms. The number of benzene rings is 1. The number of anilines is 1. The molecule has 98 valence electrons. The van der Waals surface area contributed by atoms with E-state index in [1.807, 2.05) is 6.07 Å². The van der Waals surface area contributed by atoms with E-state index in [1.165, 1.54) is 6.39 Å². The van der Waals surface area contributed by atoms with Crippen LogP contribution in [0.5, 0.6) is 0 Å². The van der Waals surface area contributed by atoms with Gasteiger partial charge in [-0.25, -0.2) is 4.79 Å². The van der Waals surface area contributed by atoms with Crippen molar-refractivity contribution >= 4 is 11.7 Å². The first-order valence-corrected chi connectivity index (χ1v) is 6.11. The zero-order chi connectivity index (χ0) is 13.2. The van der Waals surface area contributed by atoms with Gasteiger partial charge in [-0.3, -0.25) is 0 Å². The highest BCUT2D eigenvalue weighted by Gasteiger charge is 2.22. The molecule has 0 spiro atoms. The van der Waals surface area contributed by atoms with Crippen molar-refractivity contribution in [1.29, 1.82) is 0 Å². The zero-order valence-electron chi connectivity index (χ0n) is 10.2. The van der Waals surface area contributed by atoms with Crippen LogP contribution in [0.1, 0.15) is 28.2 Å². The van der Waals surface area contributed by atoms with Crippen LogP contribution in [0.15, 0.2) is 29.1 Å². The molecule has 0 saturated carbocycles. The first-order chi connectivity index (χ1) is 9.25. The lowest BCUT2D eigenvalue weighted by atomic mass is 9.96. The number of hydrogen-bond donors (Lipinski definition) is 1. The molecule has 0 radical (unpaired) electrons. The van der Waals surface area contributed by atoms with Crippen molar-refractivity contribution in [2.24, 2.45) is 0 Å². The highest BCUT2D eigenvalue weighted by atomic mass is 16.5. The van der Waals surface area contributed by atoms with Crippen molar-refractivity contribution in [2.75, 3.05) is 11.4 Å². The number of carbonyl (C=O) groups is 1. The third-order valence-corrected chi connectivity index (χ3v) is 3.32. The van der Waals surface area contributed by atoms with E-state index in [2.05, 4.69) is 15.0 Å². The Hall–Kier alpha value is -2.37. The zero-order valence-corrected chi connectivity index (χ0v) is 10.2. The lowest BCUT2D eigenvalue weighted by molar-refractivity contribution is 0.0695. The van der Waals surface area contributed by atoms with E-state index in [4.69, 9.17) is 4.52 Å². The van der Waals surface area contributed by atoms with Gasteiger partial charge < -0.3 is 14.5 Å². The van der Waals surface area contributed by atoms with Crippen LogP contribution >= 0.6 is 0 Å². The van der Waals surface area contributed by atoms with Gasteiger partial charge in [0, 0.05) is 12.2 Å². The second kappa shape index (κ2) is 4.72. The summed E-state index contributed by atoms with van der Waals surface area (Å²) in [4.78, 5) is 17.3. The first kappa shape index (κ1) is 11.7. The molecule has 0 atom stereocenters. The molecule has 6 heteroatoms. The van der Waals surface area contributed by atoms with Crippen molar-refractivity contribution < 1.29 is 14.4 Å². The number of nitrogens with zero attached hydrogens (tertiary/aromatic N) is 3. The molecule has 0 fully saturated rings. The summed E-state index contributed by atoms with van der Waals surface area (Å²) in [5.74, 6) is -0.271. The fourth-order valence-corrected chi connectivity index (χ4v) is 2.50. The van der Waals surface area contributed by atoms with Crippen molar-refractivity contribution in [3.05, 3.63) is 41.5 Å². The third-order valence-electron chi connectivity index (χ3n) is 3.32. The van der Waals surface area contributed by atoms with Gasteiger partial charge in [0.25, 0.3) is 0 Å². The molecule has 1 N–H and O–H groups in total. The van der Waals surface area contributed by atoms with Gasteiger partial charge in [-0.1, -0.05) is 11.2 Å². The molecule has 2 aromatic rings. The van der Waals surface area contributed by atoms with E-state index in [-0.39, 0.29) is 0 Å². The molecule has 1 aliphatic heterocycles. The van der Waals surface area contributed by atoms with Gasteiger partial charge in [0.2, 0.25) is 6.39 Å². The maximum absolute atomic E-state index is 11.2. The van der Waals surface area contributed by atoms with E-state index < -0.39 is 5.97 Å². The number of carboxylic acids is 1. The molecule has 6 nitrogen and oxygen atoms in total. The Kier molecular flexibility index (Phi) is 2.91. The highest BCUT2D eigenvalue weighted by Crippen LogP contribution is 2.30. The maximum Gasteiger partial charge on any atom is 0.336 e. The summed E-state index contributed by atoms with van der Waals surface area (Å²) in [6.45, 7) is 1.40. The molecule has 1 aliphatic rings. The predicted octanol–water partition coefficient (Wildman–Crippen LogP) is 1.72. The lowest BCUT2D eigenvalue weighted by Crippen LogP contribution is -2.30. The van der Waals surface area contributed by atoms with Gasteiger partial charge in [0.1, 0.15) is 0 Å². The van der Waals surface area contributed by atoms with Crippen LogP contribution in [-0.2, 0) is 13.0 Å². The monoisotopic (exact) mass is 259 g/mol. The topological polar surface area (TPSA) is 79.5 Å². The Morgan fingerprint density at radius 3 is 3.11 bits per heavy atom. The molecule has 1 aromatic heterocycles. The third kappa shape index (κ3) is 2.16. The average Bonchev–Trinajstić information content (AvgIpc) is 2.91. The molecular formula is C13H13N3O3. The molecule has 0 unspecified atom stereocenters. The van der Waals surface area contributed by atoms with Crippen LogP contribution in [-0.4, -0.2) is 27.8 Å². The number of hydrogen-bond acceptors (Lipinski definition) is 5. The quantitative estimate of drug-likeness (QED) is 0.904. The van der Waals surface area contributed by atoms with Crippen LogP contribution in [0, 0.1) is 0 Å². The standard InChI is InChI=1S/C13H13N3O3/c17-13(18)10-3-1-5-11-9(10)4-2-6-16(11)7-12-14-8-19-15-12/h1,3,5,8H,2,4,6-7H2,(H,17,18). The summed E-state index contributed by atoms with van der Waals surface area (Å²) in [5.41, 5.74) is 2.23. The van der Waals surface area contributed by atoms with Crippen LogP contribution in [0.2, 0.25) is 0 Å². The van der Waals surface area contributed by atoms with Crippen LogP contribution < -0.4 is 4.90 Å². The van der Waals surface area contributed by atoms with Crippen LogP contribution in [0.4, 0.5) is 5.69 Å². The highest BCUT2D eigenvalue weighted by molar-refractivity contribution is 5.91. The minimum atomic E-state index is -0.877. The predicted molar refractivity (Wildman–Crippen MR) is 67.1 cm³/mol. The van der Waals surface area contributed by atoms with Crippen LogP contribution in [0.3, 0.4) is 0 Å². The van der Waals surface area contributed by atoms with E-state index in [0.29, 0.717) is 17.9 Å². The summed E-state index contributed by atoms with van der Waals surface area (Å²) in [6.07, 6.45) is 3.02. The van der Waals surface area contributed by atoms with Crippen molar-refractivity contribution in [3.63, 3.8) is 0 Å². The van der Waals surface area contributed by atoms with Gasteiger partial charge in [-0.15, -0.1) is 0 Å². The van der Waals surface area contributed by atoms with Crippen molar-refractivity contribution in [1.82, 2.24) is 10.1 Å². The van der Waals surface area contributed by atoms with Gasteiger partial charge >= 0.3 is 5.97 Å². The molecule has 3 rings (SSSR count). The second-order valence-corrected chi connectivity index (χ2v) is 4.48. The number of fused-ring (bicyclic) bond motifs is 1. The Balaban J connectivity index is 1.96. The van der Waals surface area contributed by atoms with Crippen LogP contribution in [0.25, 0.3) is 0 Å². The minimum absolute atomic E-state index is 0.385. The largest absolute Gasteiger partial charge is 0.478 e. The van der Waals surface area contributed by atoms with E-state index >= 15 is 0 Å². The SMILES string of the molecule is O=C(O)c1cccc2c1CCCN2Cc1ncon1. The molecule has 0 aliphatic carbocycles. The smallest absolute Gasteiger partial charge is 0.336 e. The molecule has 1 aromatic carbocycles. The van der Waals surface area contributed by atoms with Gasteiger partial charge in [-0.05, 0) is 30.5 Å². The van der Waals surface area contributed by atoms with Gasteiger partial charge in [0.15, 0.2) is 5.82 Å². The molecule has 2 heterocycles. The van der Waals surface area contributed by atoms with E-state index in [1.54, 1.807) is 12.1 Å². The summed E-state index contributed by atoms with van der Waals surface area (Å²) in [5, 5.41) is 13.0. The molecule has 19 heavy (non-hydrogen) atoms. The summed E-state index contributed by atoms with van der Waals surface area (Å²) < 4.78 is 4.72. The Morgan fingerprint density at radius 1 is 1.47 bits per heavy atom. The average molecular weight is 259 g/mol. The van der Waals surface area contributed by atoms with E-state index in [9.17, 15) is 9.90 Å². The van der Waals surface area contributed by atoms with Gasteiger partial charge in [-0.2, -0.15) is 4.98 Å². The minimum Gasteiger partial charge on any atom is -0.478 e. The Bertz CT molecular complexity index is 595. The first-order valence-electron chi connectivity index (χ1n) is 6.11. The normalized spacial score (nSPS) is 14.2. The van der Waals surface area contributed by atoms with E-state index in [0.717, 1.165) is 30.6 Å². The molecular weight excluding hydrogens is 246 g/mol. The summed E-state index contributed by atoms with van der Waals surface area (Å²) in [7, 11) is 0. The molecule has 0 saturated heterocycles.